The number of hydrazone groups is 1. The Kier molecular flexibility index (Phi) is 10.7. The minimum atomic E-state index is -0.184. The highest BCUT2D eigenvalue weighted by Gasteiger charge is 2.08. The summed E-state index contributed by atoms with van der Waals surface area (Å²) in [4.78, 5) is 12.1. The Hall–Kier alpha value is -2.36. The van der Waals surface area contributed by atoms with Crippen molar-refractivity contribution in [2.75, 3.05) is 12.4 Å². The predicted octanol–water partition coefficient (Wildman–Crippen LogP) is 5.95. The summed E-state index contributed by atoms with van der Waals surface area (Å²) >= 11 is 4.51. The van der Waals surface area contributed by atoms with E-state index in [9.17, 15) is 4.79 Å². The summed E-state index contributed by atoms with van der Waals surface area (Å²) in [7, 11) is 0. The van der Waals surface area contributed by atoms with Crippen LogP contribution in [0, 0.1) is 6.92 Å². The van der Waals surface area contributed by atoms with Crippen LogP contribution < -0.4 is 10.2 Å². The van der Waals surface area contributed by atoms with Gasteiger partial charge in [0.25, 0.3) is 5.91 Å². The maximum atomic E-state index is 12.1. The third-order valence-electron chi connectivity index (χ3n) is 4.50. The first kappa shape index (κ1) is 25.3. The maximum absolute atomic E-state index is 12.1. The van der Waals surface area contributed by atoms with Crippen molar-refractivity contribution >= 4 is 47.0 Å². The molecule has 6 nitrogen and oxygen atoms in total. The van der Waals surface area contributed by atoms with Gasteiger partial charge in [0.15, 0.2) is 8.68 Å². The van der Waals surface area contributed by atoms with E-state index in [1.165, 1.54) is 47.1 Å². The van der Waals surface area contributed by atoms with Crippen molar-refractivity contribution in [1.82, 2.24) is 15.6 Å². The van der Waals surface area contributed by atoms with E-state index >= 15 is 0 Å². The number of rotatable bonds is 13. The Morgan fingerprint density at radius 1 is 1.06 bits per heavy atom. The number of hydrogen-bond donors (Lipinski definition) is 1. The summed E-state index contributed by atoms with van der Waals surface area (Å²) < 4.78 is 7.37. The summed E-state index contributed by atoms with van der Waals surface area (Å²) in [5.74, 6) is 1.74. The van der Waals surface area contributed by atoms with Gasteiger partial charge in [0.05, 0.1) is 18.6 Å². The zero-order valence-electron chi connectivity index (χ0n) is 18.8. The van der Waals surface area contributed by atoms with Crippen LogP contribution in [-0.2, 0) is 10.5 Å². The number of thioether (sulfide) groups is 2. The smallest absolute Gasteiger partial charge is 0.250 e. The largest absolute Gasteiger partial charge is 0.494 e. The predicted molar refractivity (Wildman–Crippen MR) is 139 cm³/mol. The van der Waals surface area contributed by atoms with Gasteiger partial charge in [-0.1, -0.05) is 84.5 Å². The molecular formula is C24H28N4O2S3. The third-order valence-corrected chi connectivity index (χ3v) is 7.76. The Balaban J connectivity index is 1.34. The molecule has 174 valence electrons. The second kappa shape index (κ2) is 14.0. The minimum Gasteiger partial charge on any atom is -0.494 e. The highest BCUT2D eigenvalue weighted by Crippen LogP contribution is 2.30. The number of carbonyl (C=O) groups excluding carboxylic acids is 1. The number of aromatic nitrogens is 2. The molecule has 3 aromatic rings. The van der Waals surface area contributed by atoms with E-state index in [1.807, 2.05) is 24.3 Å². The molecule has 0 atom stereocenters. The highest BCUT2D eigenvalue weighted by atomic mass is 32.2. The van der Waals surface area contributed by atoms with E-state index in [4.69, 9.17) is 4.74 Å². The molecule has 1 heterocycles. The lowest BCUT2D eigenvalue weighted by Gasteiger charge is -2.05. The van der Waals surface area contributed by atoms with Crippen LogP contribution in [0.4, 0.5) is 0 Å². The van der Waals surface area contributed by atoms with E-state index in [2.05, 4.69) is 58.8 Å². The van der Waals surface area contributed by atoms with E-state index in [0.29, 0.717) is 0 Å². The molecule has 33 heavy (non-hydrogen) atoms. The van der Waals surface area contributed by atoms with Crippen LogP contribution in [0.25, 0.3) is 0 Å². The van der Waals surface area contributed by atoms with Gasteiger partial charge in [0.2, 0.25) is 0 Å². The second-order valence-electron chi connectivity index (χ2n) is 7.31. The Morgan fingerprint density at radius 2 is 1.79 bits per heavy atom. The number of carbonyl (C=O) groups is 1. The molecule has 0 unspecified atom stereocenters. The van der Waals surface area contributed by atoms with E-state index in [0.717, 1.165) is 38.8 Å². The number of nitrogens with one attached hydrogen (secondary N) is 1. The van der Waals surface area contributed by atoms with E-state index in [-0.39, 0.29) is 11.7 Å². The average Bonchev–Trinajstić information content (AvgIpc) is 3.29. The molecule has 2 aromatic carbocycles. The Morgan fingerprint density at radius 3 is 2.52 bits per heavy atom. The number of hydrogen-bond acceptors (Lipinski definition) is 8. The molecule has 0 saturated heterocycles. The molecular weight excluding hydrogens is 472 g/mol. The second-order valence-corrected chi connectivity index (χ2v) is 10.7. The molecule has 0 aliphatic rings. The molecule has 1 amide bonds. The first-order valence-corrected chi connectivity index (χ1v) is 13.6. The van der Waals surface area contributed by atoms with Gasteiger partial charge >= 0.3 is 0 Å². The van der Waals surface area contributed by atoms with Crippen molar-refractivity contribution in [3.8, 4) is 5.75 Å². The molecule has 1 aromatic heterocycles. The Labute approximate surface area is 207 Å². The monoisotopic (exact) mass is 500 g/mol. The van der Waals surface area contributed by atoms with Gasteiger partial charge in [0.1, 0.15) is 5.75 Å². The summed E-state index contributed by atoms with van der Waals surface area (Å²) in [5, 5.41) is 12.4. The fraction of sp³-hybridized carbons (Fsp3) is 0.333. The highest BCUT2D eigenvalue weighted by molar-refractivity contribution is 8.03. The van der Waals surface area contributed by atoms with Gasteiger partial charge in [-0.25, -0.2) is 5.43 Å². The number of amides is 1. The summed E-state index contributed by atoms with van der Waals surface area (Å²) in [6.07, 6.45) is 5.04. The van der Waals surface area contributed by atoms with Gasteiger partial charge in [0, 0.05) is 5.75 Å². The SMILES string of the molecule is CCCCCOc1ccc(/C=N\NC(=O)CSc2nnc(SCc3ccc(C)cc3)s2)cc1. The number of ether oxygens (including phenoxy) is 1. The van der Waals surface area contributed by atoms with Crippen LogP contribution in [0.2, 0.25) is 0 Å². The number of aryl methyl sites for hydroxylation is 1. The molecule has 1 N–H and O–H groups in total. The standard InChI is InChI=1S/C24H28N4O2S3/c1-3-4-5-14-30-21-12-10-19(11-13-21)15-25-26-22(29)17-32-24-28-27-23(33-24)31-16-20-8-6-18(2)7-9-20/h6-13,15H,3-5,14,16-17H2,1-2H3,(H,26,29)/b25-15-. The van der Waals surface area contributed by atoms with Crippen molar-refractivity contribution in [3.05, 3.63) is 65.2 Å². The zero-order valence-corrected chi connectivity index (χ0v) is 21.3. The minimum absolute atomic E-state index is 0.184. The van der Waals surface area contributed by atoms with Crippen LogP contribution in [0.15, 0.2) is 62.3 Å². The van der Waals surface area contributed by atoms with Crippen LogP contribution >= 0.6 is 34.9 Å². The first-order chi connectivity index (χ1) is 16.1. The fourth-order valence-electron chi connectivity index (χ4n) is 2.67. The van der Waals surface area contributed by atoms with Crippen molar-refractivity contribution < 1.29 is 9.53 Å². The molecule has 0 aliphatic carbocycles. The lowest BCUT2D eigenvalue weighted by atomic mass is 10.2. The van der Waals surface area contributed by atoms with Gasteiger partial charge in [-0.05, 0) is 48.7 Å². The molecule has 0 bridgehead atoms. The van der Waals surface area contributed by atoms with E-state index < -0.39 is 0 Å². The quantitative estimate of drug-likeness (QED) is 0.135. The number of unbranched alkanes of at least 4 members (excludes halogenated alkanes) is 2. The van der Waals surface area contributed by atoms with Crippen molar-refractivity contribution in [1.29, 1.82) is 0 Å². The average molecular weight is 501 g/mol. The third kappa shape index (κ3) is 9.57. The van der Waals surface area contributed by atoms with Crippen LogP contribution in [0.3, 0.4) is 0 Å². The molecule has 0 saturated carbocycles. The molecule has 0 radical (unpaired) electrons. The first-order valence-electron chi connectivity index (χ1n) is 10.8. The topological polar surface area (TPSA) is 76.5 Å². The normalized spacial score (nSPS) is 11.1. The van der Waals surface area contributed by atoms with E-state index in [1.54, 1.807) is 18.0 Å². The van der Waals surface area contributed by atoms with Crippen LogP contribution in [-0.4, -0.2) is 34.7 Å². The maximum Gasteiger partial charge on any atom is 0.250 e. The molecule has 9 heteroatoms. The van der Waals surface area contributed by atoms with Crippen molar-refractivity contribution in [2.45, 2.75) is 47.5 Å². The summed E-state index contributed by atoms with van der Waals surface area (Å²) in [6, 6.07) is 16.1. The molecule has 0 spiro atoms. The Bertz CT molecular complexity index is 1020. The lowest BCUT2D eigenvalue weighted by molar-refractivity contribution is -0.118. The van der Waals surface area contributed by atoms with Gasteiger partial charge in [-0.3, -0.25) is 4.79 Å². The zero-order chi connectivity index (χ0) is 23.3. The van der Waals surface area contributed by atoms with Gasteiger partial charge < -0.3 is 4.74 Å². The number of benzene rings is 2. The number of nitrogens with zero attached hydrogens (tertiary/aromatic N) is 3. The van der Waals surface area contributed by atoms with Gasteiger partial charge in [-0.2, -0.15) is 5.10 Å². The van der Waals surface area contributed by atoms with Crippen LogP contribution in [0.5, 0.6) is 5.75 Å². The van der Waals surface area contributed by atoms with Crippen molar-refractivity contribution in [3.63, 3.8) is 0 Å². The lowest BCUT2D eigenvalue weighted by Crippen LogP contribution is -2.19. The van der Waals surface area contributed by atoms with Crippen molar-refractivity contribution in [2.24, 2.45) is 5.10 Å². The van der Waals surface area contributed by atoms with Gasteiger partial charge in [-0.15, -0.1) is 10.2 Å². The fourth-order valence-corrected chi connectivity index (χ4v) is 5.44. The molecule has 0 fully saturated rings. The summed E-state index contributed by atoms with van der Waals surface area (Å²) in [6.45, 7) is 4.98. The van der Waals surface area contributed by atoms with Crippen LogP contribution in [0.1, 0.15) is 42.9 Å². The molecule has 3 rings (SSSR count). The molecule has 0 aliphatic heterocycles. The summed E-state index contributed by atoms with van der Waals surface area (Å²) in [5.41, 5.74) is 5.95.